The summed E-state index contributed by atoms with van der Waals surface area (Å²) in [7, 11) is 0. The minimum atomic E-state index is -0.364. The van der Waals surface area contributed by atoms with Crippen molar-refractivity contribution in [3.63, 3.8) is 0 Å². The van der Waals surface area contributed by atoms with E-state index in [0.29, 0.717) is 16.0 Å². The van der Waals surface area contributed by atoms with Crippen molar-refractivity contribution < 1.29 is 9.59 Å². The molecule has 3 N–H and O–H groups in total. The third kappa shape index (κ3) is 5.86. The van der Waals surface area contributed by atoms with Crippen molar-refractivity contribution in [1.82, 2.24) is 16.0 Å². The first-order valence-electron chi connectivity index (χ1n) is 12.7. The van der Waals surface area contributed by atoms with Crippen molar-refractivity contribution in [3.05, 3.63) is 99.0 Å². The average molecular weight is 537 g/mol. The van der Waals surface area contributed by atoms with Gasteiger partial charge >= 0.3 is 6.03 Å². The molecule has 1 aliphatic heterocycles. The van der Waals surface area contributed by atoms with E-state index >= 15 is 0 Å². The van der Waals surface area contributed by atoms with Crippen molar-refractivity contribution in [2.24, 2.45) is 0 Å². The Hall–Kier alpha value is -3.22. The largest absolute Gasteiger partial charge is 0.371 e. The number of urea groups is 1. The topological polar surface area (TPSA) is 73.5 Å². The first kappa shape index (κ1) is 25.4. The molecule has 6 nitrogen and oxygen atoms in total. The number of rotatable bonds is 7. The minimum absolute atomic E-state index is 0.0144. The number of hydrogen-bond acceptors (Lipinski definition) is 3. The van der Waals surface area contributed by atoms with E-state index in [1.165, 1.54) is 16.7 Å². The fourth-order valence-corrected chi connectivity index (χ4v) is 5.96. The number of aryl methyl sites for hydroxylation is 1. The fraction of sp³-hybridized carbons (Fsp3) is 0.310. The predicted octanol–water partition coefficient (Wildman–Crippen LogP) is 5.70. The lowest BCUT2D eigenvalue weighted by Crippen LogP contribution is -2.41. The van der Waals surface area contributed by atoms with E-state index in [1.807, 2.05) is 18.2 Å². The van der Waals surface area contributed by atoms with E-state index in [4.69, 9.17) is 23.2 Å². The Kier molecular flexibility index (Phi) is 7.87. The molecular formula is C29H30Cl2N4O2. The molecule has 1 fully saturated rings. The SMILES string of the molecule is O=C(NCCNC(=O)c1c(Cl)cc(N2CC[C@H](c3ccccc3)C2)cc1Cl)N[C@@H]1CCc2ccccc21. The Morgan fingerprint density at radius 2 is 1.59 bits per heavy atom. The highest BCUT2D eigenvalue weighted by Gasteiger charge is 2.26. The van der Waals surface area contributed by atoms with Gasteiger partial charge in [0.15, 0.2) is 0 Å². The second-order valence-corrected chi connectivity index (χ2v) is 10.4. The smallest absolute Gasteiger partial charge is 0.315 e. The highest BCUT2D eigenvalue weighted by molar-refractivity contribution is 6.40. The van der Waals surface area contributed by atoms with Gasteiger partial charge in [0.2, 0.25) is 0 Å². The highest BCUT2D eigenvalue weighted by Crippen LogP contribution is 2.36. The molecule has 8 heteroatoms. The van der Waals surface area contributed by atoms with Crippen LogP contribution in [0.3, 0.4) is 0 Å². The van der Waals surface area contributed by atoms with Gasteiger partial charge in [0.1, 0.15) is 0 Å². The number of amides is 3. The molecule has 3 amide bonds. The molecule has 0 radical (unpaired) electrons. The summed E-state index contributed by atoms with van der Waals surface area (Å²) < 4.78 is 0. The molecule has 1 aliphatic carbocycles. The van der Waals surface area contributed by atoms with E-state index in [-0.39, 0.29) is 36.6 Å². The van der Waals surface area contributed by atoms with Gasteiger partial charge in [0.05, 0.1) is 21.7 Å². The minimum Gasteiger partial charge on any atom is -0.371 e. The van der Waals surface area contributed by atoms with Gasteiger partial charge in [-0.05, 0) is 48.1 Å². The van der Waals surface area contributed by atoms with Crippen molar-refractivity contribution in [1.29, 1.82) is 0 Å². The Labute approximate surface area is 227 Å². The van der Waals surface area contributed by atoms with Gasteiger partial charge in [-0.25, -0.2) is 4.79 Å². The first-order valence-corrected chi connectivity index (χ1v) is 13.4. The van der Waals surface area contributed by atoms with E-state index in [1.54, 1.807) is 12.1 Å². The van der Waals surface area contributed by atoms with E-state index in [9.17, 15) is 9.59 Å². The van der Waals surface area contributed by atoms with Crippen LogP contribution < -0.4 is 20.9 Å². The summed E-state index contributed by atoms with van der Waals surface area (Å²) in [6.07, 6.45) is 2.90. The predicted molar refractivity (Wildman–Crippen MR) is 149 cm³/mol. The Balaban J connectivity index is 1.11. The molecule has 2 atom stereocenters. The molecule has 5 rings (SSSR count). The Morgan fingerprint density at radius 3 is 2.38 bits per heavy atom. The number of carbonyl (C=O) groups excluding carboxylic acids is 2. The van der Waals surface area contributed by atoms with Gasteiger partial charge in [-0.15, -0.1) is 0 Å². The zero-order valence-corrected chi connectivity index (χ0v) is 22.0. The maximum atomic E-state index is 12.8. The standard InChI is InChI=1S/C29H30Cl2N4O2/c30-24-16-22(35-15-12-21(18-35)19-6-2-1-3-7-19)17-25(31)27(24)28(36)32-13-14-33-29(37)34-26-11-10-20-8-4-5-9-23(20)26/h1-9,16-17,21,26H,10-15,18H2,(H,32,36)(H2,33,34,37)/t21-,26+/m0/s1. The molecule has 1 saturated heterocycles. The van der Waals surface area contributed by atoms with Crippen LogP contribution in [0, 0.1) is 0 Å². The highest BCUT2D eigenvalue weighted by atomic mass is 35.5. The average Bonchev–Trinajstić information content (AvgIpc) is 3.55. The summed E-state index contributed by atoms with van der Waals surface area (Å²) in [5, 5.41) is 9.24. The molecule has 3 aromatic carbocycles. The lowest BCUT2D eigenvalue weighted by Gasteiger charge is -2.21. The molecule has 192 valence electrons. The number of hydrogen-bond donors (Lipinski definition) is 3. The summed E-state index contributed by atoms with van der Waals surface area (Å²) >= 11 is 13.0. The van der Waals surface area contributed by atoms with Crippen molar-refractivity contribution >= 4 is 40.8 Å². The van der Waals surface area contributed by atoms with Crippen LogP contribution in [0.15, 0.2) is 66.7 Å². The van der Waals surface area contributed by atoms with Crippen molar-refractivity contribution in [2.75, 3.05) is 31.1 Å². The molecular weight excluding hydrogens is 507 g/mol. The Bertz CT molecular complexity index is 1260. The number of anilines is 1. The van der Waals surface area contributed by atoms with Crippen molar-refractivity contribution in [3.8, 4) is 0 Å². The van der Waals surface area contributed by atoms with Crippen LogP contribution in [0.1, 0.15) is 51.8 Å². The van der Waals surface area contributed by atoms with Gasteiger partial charge in [-0.3, -0.25) is 4.79 Å². The van der Waals surface area contributed by atoms with Gasteiger partial charge in [-0.1, -0.05) is 77.8 Å². The maximum absolute atomic E-state index is 12.8. The number of halogens is 2. The molecule has 3 aromatic rings. The number of fused-ring (bicyclic) bond motifs is 1. The van der Waals surface area contributed by atoms with E-state index in [2.05, 4.69) is 57.2 Å². The van der Waals surface area contributed by atoms with Crippen LogP contribution in [0.4, 0.5) is 10.5 Å². The summed E-state index contributed by atoms with van der Waals surface area (Å²) in [5.41, 5.74) is 4.94. The molecule has 1 heterocycles. The normalized spacial score (nSPS) is 18.4. The molecule has 0 saturated carbocycles. The lowest BCUT2D eigenvalue weighted by molar-refractivity contribution is 0.0954. The van der Waals surface area contributed by atoms with Gasteiger partial charge in [0, 0.05) is 37.8 Å². The second-order valence-electron chi connectivity index (χ2n) is 9.57. The van der Waals surface area contributed by atoms with Crippen LogP contribution in [-0.2, 0) is 6.42 Å². The molecule has 0 unspecified atom stereocenters. The second kappa shape index (κ2) is 11.4. The van der Waals surface area contributed by atoms with E-state index < -0.39 is 0 Å². The van der Waals surface area contributed by atoms with Crippen LogP contribution in [-0.4, -0.2) is 38.1 Å². The third-order valence-corrected chi connectivity index (χ3v) is 7.81. The monoisotopic (exact) mass is 536 g/mol. The molecule has 0 bridgehead atoms. The summed E-state index contributed by atoms with van der Waals surface area (Å²) in [4.78, 5) is 27.4. The van der Waals surface area contributed by atoms with Gasteiger partial charge in [0.25, 0.3) is 5.91 Å². The van der Waals surface area contributed by atoms with Crippen molar-refractivity contribution in [2.45, 2.75) is 31.2 Å². The number of nitrogens with one attached hydrogen (secondary N) is 3. The number of carbonyl (C=O) groups is 2. The molecule has 0 aromatic heterocycles. The van der Waals surface area contributed by atoms with Crippen LogP contribution >= 0.6 is 23.2 Å². The lowest BCUT2D eigenvalue weighted by atomic mass is 9.99. The van der Waals surface area contributed by atoms with Crippen LogP contribution in [0.5, 0.6) is 0 Å². The molecule has 37 heavy (non-hydrogen) atoms. The first-order chi connectivity index (χ1) is 18.0. The van der Waals surface area contributed by atoms with Gasteiger partial charge in [-0.2, -0.15) is 0 Å². The zero-order chi connectivity index (χ0) is 25.8. The summed E-state index contributed by atoms with van der Waals surface area (Å²) in [6.45, 7) is 2.32. The maximum Gasteiger partial charge on any atom is 0.315 e. The number of benzene rings is 3. The molecule has 2 aliphatic rings. The van der Waals surface area contributed by atoms with Crippen LogP contribution in [0.2, 0.25) is 10.0 Å². The Morgan fingerprint density at radius 1 is 0.892 bits per heavy atom. The van der Waals surface area contributed by atoms with E-state index in [0.717, 1.165) is 38.0 Å². The third-order valence-electron chi connectivity index (χ3n) is 7.21. The fourth-order valence-electron chi connectivity index (χ4n) is 5.31. The quantitative estimate of drug-likeness (QED) is 0.339. The number of nitrogens with zero attached hydrogens (tertiary/aromatic N) is 1. The summed E-state index contributed by atoms with van der Waals surface area (Å²) in [6, 6.07) is 22.0. The van der Waals surface area contributed by atoms with Gasteiger partial charge < -0.3 is 20.9 Å². The molecule has 0 spiro atoms. The summed E-state index contributed by atoms with van der Waals surface area (Å²) in [5.74, 6) is 0.0897. The zero-order valence-electron chi connectivity index (χ0n) is 20.5. The van der Waals surface area contributed by atoms with Crippen LogP contribution in [0.25, 0.3) is 0 Å².